The monoisotopic (exact) mass is 263 g/mol. The van der Waals surface area contributed by atoms with Crippen LogP contribution in [0.2, 0.25) is 0 Å². The Morgan fingerprint density at radius 1 is 1.32 bits per heavy atom. The van der Waals surface area contributed by atoms with E-state index in [4.69, 9.17) is 10.8 Å². The zero-order valence-corrected chi connectivity index (χ0v) is 11.0. The third-order valence-electron chi connectivity index (χ3n) is 3.70. The largest absolute Gasteiger partial charge is 0.465 e. The van der Waals surface area contributed by atoms with Crippen molar-refractivity contribution in [3.8, 4) is 0 Å². The zero-order chi connectivity index (χ0) is 13.7. The van der Waals surface area contributed by atoms with Crippen molar-refractivity contribution in [3.63, 3.8) is 0 Å². The molecule has 1 aromatic carbocycles. The van der Waals surface area contributed by atoms with E-state index in [2.05, 4.69) is 22.3 Å². The molecule has 0 unspecified atom stereocenters. The van der Waals surface area contributed by atoms with E-state index in [0.717, 1.165) is 38.0 Å². The first kappa shape index (κ1) is 13.5. The van der Waals surface area contributed by atoms with Gasteiger partial charge in [-0.1, -0.05) is 0 Å². The third kappa shape index (κ3) is 4.05. The maximum atomic E-state index is 10.4. The van der Waals surface area contributed by atoms with E-state index in [0.29, 0.717) is 12.5 Å². The molecule has 104 valence electrons. The number of carbonyl (C=O) groups is 1. The molecule has 1 fully saturated rings. The summed E-state index contributed by atoms with van der Waals surface area (Å²) >= 11 is 0. The molecule has 0 radical (unpaired) electrons. The molecule has 1 saturated heterocycles. The van der Waals surface area contributed by atoms with Gasteiger partial charge < -0.3 is 21.1 Å². The second-order valence-electron chi connectivity index (χ2n) is 5.04. The molecular formula is C14H21N3O2. The first-order valence-electron chi connectivity index (χ1n) is 6.72. The van der Waals surface area contributed by atoms with Crippen LogP contribution in [-0.4, -0.2) is 30.8 Å². The molecule has 4 N–H and O–H groups in total. The molecule has 1 amide bonds. The van der Waals surface area contributed by atoms with Crippen molar-refractivity contribution in [1.82, 2.24) is 5.32 Å². The SMILES string of the molecule is Nc1ccc(N2CCC(CCNC(=O)O)CC2)cc1. The van der Waals surface area contributed by atoms with Gasteiger partial charge in [-0.05, 0) is 49.4 Å². The van der Waals surface area contributed by atoms with Gasteiger partial charge in [0.25, 0.3) is 0 Å². The van der Waals surface area contributed by atoms with Gasteiger partial charge in [0.1, 0.15) is 0 Å². The number of hydrogen-bond donors (Lipinski definition) is 3. The van der Waals surface area contributed by atoms with E-state index >= 15 is 0 Å². The highest BCUT2D eigenvalue weighted by Crippen LogP contribution is 2.25. The molecule has 2 rings (SSSR count). The molecule has 1 aliphatic rings. The van der Waals surface area contributed by atoms with Crippen molar-refractivity contribution in [2.75, 3.05) is 30.3 Å². The number of benzene rings is 1. The number of carboxylic acid groups (broad SMARTS) is 1. The molecule has 0 aliphatic carbocycles. The fraction of sp³-hybridized carbons (Fsp3) is 0.500. The molecule has 1 heterocycles. The number of nitrogens with two attached hydrogens (primary N) is 1. The quantitative estimate of drug-likeness (QED) is 0.727. The predicted molar refractivity (Wildman–Crippen MR) is 76.4 cm³/mol. The van der Waals surface area contributed by atoms with Gasteiger partial charge in [-0.2, -0.15) is 0 Å². The Bertz CT molecular complexity index is 411. The normalized spacial score (nSPS) is 16.3. The summed E-state index contributed by atoms with van der Waals surface area (Å²) in [6, 6.07) is 7.97. The number of nitrogens with one attached hydrogen (secondary N) is 1. The van der Waals surface area contributed by atoms with Gasteiger partial charge in [0.2, 0.25) is 0 Å². The Balaban J connectivity index is 1.76. The lowest BCUT2D eigenvalue weighted by atomic mass is 9.93. The maximum absolute atomic E-state index is 10.4. The van der Waals surface area contributed by atoms with Crippen LogP contribution in [0.15, 0.2) is 24.3 Å². The summed E-state index contributed by atoms with van der Waals surface area (Å²) in [5, 5.41) is 11.0. The number of amides is 1. The van der Waals surface area contributed by atoms with Crippen LogP contribution in [0.3, 0.4) is 0 Å². The smallest absolute Gasteiger partial charge is 0.404 e. The summed E-state index contributed by atoms with van der Waals surface area (Å²) in [5.74, 6) is 0.622. The number of piperidine rings is 1. The second-order valence-corrected chi connectivity index (χ2v) is 5.04. The number of rotatable bonds is 4. The molecular weight excluding hydrogens is 242 g/mol. The van der Waals surface area contributed by atoms with Crippen LogP contribution in [0.4, 0.5) is 16.2 Å². The van der Waals surface area contributed by atoms with E-state index in [9.17, 15) is 4.79 Å². The van der Waals surface area contributed by atoms with Gasteiger partial charge in [0.05, 0.1) is 0 Å². The van der Waals surface area contributed by atoms with Crippen LogP contribution in [0.25, 0.3) is 0 Å². The van der Waals surface area contributed by atoms with Crippen molar-refractivity contribution in [2.24, 2.45) is 5.92 Å². The highest BCUT2D eigenvalue weighted by atomic mass is 16.4. The lowest BCUT2D eigenvalue weighted by Gasteiger charge is -2.33. The number of hydrogen-bond acceptors (Lipinski definition) is 3. The zero-order valence-electron chi connectivity index (χ0n) is 11.0. The molecule has 19 heavy (non-hydrogen) atoms. The van der Waals surface area contributed by atoms with E-state index < -0.39 is 6.09 Å². The van der Waals surface area contributed by atoms with Crippen molar-refractivity contribution >= 4 is 17.5 Å². The summed E-state index contributed by atoms with van der Waals surface area (Å²) in [6.45, 7) is 2.62. The van der Waals surface area contributed by atoms with Gasteiger partial charge in [-0.15, -0.1) is 0 Å². The summed E-state index contributed by atoms with van der Waals surface area (Å²) in [5.41, 5.74) is 7.69. The maximum Gasteiger partial charge on any atom is 0.404 e. The highest BCUT2D eigenvalue weighted by Gasteiger charge is 2.19. The van der Waals surface area contributed by atoms with Crippen molar-refractivity contribution < 1.29 is 9.90 Å². The van der Waals surface area contributed by atoms with Gasteiger partial charge in [-0.25, -0.2) is 4.79 Å². The first-order valence-corrected chi connectivity index (χ1v) is 6.72. The minimum atomic E-state index is -0.931. The average molecular weight is 263 g/mol. The minimum absolute atomic E-state index is 0.557. The van der Waals surface area contributed by atoms with Crippen LogP contribution in [0.1, 0.15) is 19.3 Å². The molecule has 5 nitrogen and oxygen atoms in total. The Kier molecular flexibility index (Phi) is 4.49. The number of nitrogens with zero attached hydrogens (tertiary/aromatic N) is 1. The lowest BCUT2D eigenvalue weighted by molar-refractivity contribution is 0.193. The second kappa shape index (κ2) is 6.31. The molecule has 1 aliphatic heterocycles. The van der Waals surface area contributed by atoms with Gasteiger partial charge in [0.15, 0.2) is 0 Å². The first-order chi connectivity index (χ1) is 9.15. The van der Waals surface area contributed by atoms with Crippen LogP contribution < -0.4 is 16.0 Å². The van der Waals surface area contributed by atoms with Gasteiger partial charge >= 0.3 is 6.09 Å². The van der Waals surface area contributed by atoms with Gasteiger partial charge in [-0.3, -0.25) is 0 Å². The Hall–Kier alpha value is -1.91. The van der Waals surface area contributed by atoms with Crippen molar-refractivity contribution in [3.05, 3.63) is 24.3 Å². The van der Waals surface area contributed by atoms with Crippen LogP contribution in [-0.2, 0) is 0 Å². The summed E-state index contributed by atoms with van der Waals surface area (Å²) in [7, 11) is 0. The Labute approximate surface area is 113 Å². The molecule has 0 spiro atoms. The fourth-order valence-electron chi connectivity index (χ4n) is 2.55. The van der Waals surface area contributed by atoms with E-state index in [1.54, 1.807) is 0 Å². The third-order valence-corrected chi connectivity index (χ3v) is 3.70. The van der Waals surface area contributed by atoms with E-state index in [-0.39, 0.29) is 0 Å². The summed E-state index contributed by atoms with van der Waals surface area (Å²) in [4.78, 5) is 12.7. The molecule has 0 aromatic heterocycles. The van der Waals surface area contributed by atoms with E-state index in [1.807, 2.05) is 12.1 Å². The molecule has 0 bridgehead atoms. The number of anilines is 2. The van der Waals surface area contributed by atoms with Crippen LogP contribution in [0, 0.1) is 5.92 Å². The average Bonchev–Trinajstić information content (AvgIpc) is 2.40. The molecule has 5 heteroatoms. The van der Waals surface area contributed by atoms with Gasteiger partial charge in [0, 0.05) is 31.0 Å². The summed E-state index contributed by atoms with van der Waals surface area (Å²) < 4.78 is 0. The van der Waals surface area contributed by atoms with Crippen LogP contribution >= 0.6 is 0 Å². The number of nitrogen functional groups attached to an aromatic ring is 1. The predicted octanol–water partition coefficient (Wildman–Crippen LogP) is 2.14. The fourth-order valence-corrected chi connectivity index (χ4v) is 2.55. The topological polar surface area (TPSA) is 78.6 Å². The molecule has 0 saturated carbocycles. The van der Waals surface area contributed by atoms with Crippen molar-refractivity contribution in [2.45, 2.75) is 19.3 Å². The Morgan fingerprint density at radius 2 is 1.95 bits per heavy atom. The summed E-state index contributed by atoms with van der Waals surface area (Å²) in [6.07, 6.45) is 2.23. The van der Waals surface area contributed by atoms with Crippen LogP contribution in [0.5, 0.6) is 0 Å². The minimum Gasteiger partial charge on any atom is -0.465 e. The van der Waals surface area contributed by atoms with Crippen molar-refractivity contribution in [1.29, 1.82) is 0 Å². The standard InChI is InChI=1S/C14H21N3O2/c15-12-1-3-13(4-2-12)17-9-6-11(7-10-17)5-8-16-14(18)19/h1-4,11,16H,5-10,15H2,(H,18,19). The highest BCUT2D eigenvalue weighted by molar-refractivity contribution is 5.64. The molecule has 0 atom stereocenters. The Morgan fingerprint density at radius 3 is 2.53 bits per heavy atom. The molecule has 1 aromatic rings. The van der Waals surface area contributed by atoms with E-state index in [1.165, 1.54) is 5.69 Å². The lowest BCUT2D eigenvalue weighted by Crippen LogP contribution is -2.35.